The van der Waals surface area contributed by atoms with Crippen LogP contribution in [0.4, 0.5) is 5.69 Å². The monoisotopic (exact) mass is 348 g/mol. The highest BCUT2D eigenvalue weighted by Crippen LogP contribution is 2.26. The maximum Gasteiger partial charge on any atom is 0.0485 e. The average molecular weight is 350 g/mol. The summed E-state index contributed by atoms with van der Waals surface area (Å²) >= 11 is 6.97. The van der Waals surface area contributed by atoms with Crippen molar-refractivity contribution in [1.82, 2.24) is 0 Å². The van der Waals surface area contributed by atoms with Crippen molar-refractivity contribution in [2.45, 2.75) is 13.8 Å². The number of nitrogens with two attached hydrogens (primary N) is 1. The third-order valence-corrected chi connectivity index (χ3v) is 3.88. The first kappa shape index (κ1) is 14.0. The van der Waals surface area contributed by atoms with Crippen LogP contribution in [0.5, 0.6) is 0 Å². The number of nitrogens with one attached hydrogen (secondary N) is 1. The molecule has 2 nitrogen and oxygen atoms in total. The Bertz CT molecular complexity index is 340. The van der Waals surface area contributed by atoms with Gasteiger partial charge < -0.3 is 11.1 Å². The zero-order valence-electron chi connectivity index (χ0n) is 9.63. The maximum atomic E-state index is 5.74. The Labute approximate surface area is 114 Å². The van der Waals surface area contributed by atoms with E-state index in [2.05, 4.69) is 57.1 Å². The van der Waals surface area contributed by atoms with Gasteiger partial charge in [0.25, 0.3) is 0 Å². The molecule has 90 valence electrons. The number of hydrogen-bond donors (Lipinski definition) is 2. The van der Waals surface area contributed by atoms with Gasteiger partial charge in [0.15, 0.2) is 0 Å². The number of hydrogen-bond acceptors (Lipinski definition) is 2. The minimum atomic E-state index is 0.510. The van der Waals surface area contributed by atoms with E-state index in [4.69, 9.17) is 5.73 Å². The fourth-order valence-corrected chi connectivity index (χ4v) is 2.65. The van der Waals surface area contributed by atoms with E-state index in [1.807, 2.05) is 12.1 Å². The number of halogens is 2. The highest BCUT2D eigenvalue weighted by Gasteiger charge is 2.11. The van der Waals surface area contributed by atoms with Gasteiger partial charge in [-0.3, -0.25) is 0 Å². The third kappa shape index (κ3) is 4.07. The topological polar surface area (TPSA) is 38.0 Å². The van der Waals surface area contributed by atoms with Crippen LogP contribution in [0.3, 0.4) is 0 Å². The lowest BCUT2D eigenvalue weighted by Crippen LogP contribution is -2.27. The molecule has 1 rings (SSSR count). The van der Waals surface area contributed by atoms with E-state index in [1.165, 1.54) is 0 Å². The standard InChI is InChI=1S/C12H18Br2N2/c1-8(2)9(6-15)7-16-12-4-3-10(13)5-11(12)14/h3-5,8-9,16H,6-7,15H2,1-2H3. The molecule has 0 aliphatic carbocycles. The second-order valence-electron chi connectivity index (χ2n) is 4.24. The molecular weight excluding hydrogens is 332 g/mol. The van der Waals surface area contributed by atoms with Gasteiger partial charge in [-0.1, -0.05) is 29.8 Å². The van der Waals surface area contributed by atoms with Gasteiger partial charge in [0.1, 0.15) is 0 Å². The van der Waals surface area contributed by atoms with Crippen molar-refractivity contribution in [3.8, 4) is 0 Å². The molecule has 4 heteroatoms. The molecule has 0 aliphatic rings. The summed E-state index contributed by atoms with van der Waals surface area (Å²) in [6.45, 7) is 6.04. The zero-order chi connectivity index (χ0) is 12.1. The molecule has 1 unspecified atom stereocenters. The van der Waals surface area contributed by atoms with E-state index in [1.54, 1.807) is 0 Å². The Morgan fingerprint density at radius 2 is 2.00 bits per heavy atom. The Balaban J connectivity index is 2.60. The summed E-state index contributed by atoms with van der Waals surface area (Å²) in [5, 5.41) is 3.42. The first-order chi connectivity index (χ1) is 7.54. The maximum absolute atomic E-state index is 5.74. The molecule has 0 heterocycles. The quantitative estimate of drug-likeness (QED) is 0.847. The van der Waals surface area contributed by atoms with Gasteiger partial charge in [-0.15, -0.1) is 0 Å². The molecule has 0 saturated carbocycles. The van der Waals surface area contributed by atoms with Crippen LogP contribution in [0.1, 0.15) is 13.8 Å². The Morgan fingerprint density at radius 1 is 1.31 bits per heavy atom. The normalized spacial score (nSPS) is 12.9. The van der Waals surface area contributed by atoms with Gasteiger partial charge >= 0.3 is 0 Å². The van der Waals surface area contributed by atoms with Gasteiger partial charge in [0.2, 0.25) is 0 Å². The Hall–Kier alpha value is -0.0600. The Kier molecular flexibility index (Phi) is 5.79. The lowest BCUT2D eigenvalue weighted by molar-refractivity contribution is 0.413. The van der Waals surface area contributed by atoms with Gasteiger partial charge in [0, 0.05) is 21.2 Å². The van der Waals surface area contributed by atoms with Crippen LogP contribution in [0, 0.1) is 11.8 Å². The summed E-state index contributed by atoms with van der Waals surface area (Å²) < 4.78 is 2.14. The lowest BCUT2D eigenvalue weighted by atomic mass is 9.96. The Morgan fingerprint density at radius 3 is 2.50 bits per heavy atom. The van der Waals surface area contributed by atoms with Crippen molar-refractivity contribution in [3.63, 3.8) is 0 Å². The predicted octanol–water partition coefficient (Wildman–Crippen LogP) is 3.85. The molecule has 0 spiro atoms. The third-order valence-electron chi connectivity index (χ3n) is 2.73. The van der Waals surface area contributed by atoms with E-state index in [-0.39, 0.29) is 0 Å². The average Bonchev–Trinajstić information content (AvgIpc) is 2.21. The highest BCUT2D eigenvalue weighted by atomic mass is 79.9. The number of anilines is 1. The lowest BCUT2D eigenvalue weighted by Gasteiger charge is -2.20. The molecule has 0 saturated heterocycles. The van der Waals surface area contributed by atoms with Gasteiger partial charge in [-0.25, -0.2) is 0 Å². The minimum absolute atomic E-state index is 0.510. The molecule has 1 aromatic carbocycles. The van der Waals surface area contributed by atoms with Crippen LogP contribution >= 0.6 is 31.9 Å². The molecule has 3 N–H and O–H groups in total. The van der Waals surface area contributed by atoms with Crippen LogP contribution in [0.25, 0.3) is 0 Å². The molecule has 16 heavy (non-hydrogen) atoms. The number of rotatable bonds is 5. The van der Waals surface area contributed by atoms with Gasteiger partial charge in [0.05, 0.1) is 0 Å². The molecule has 0 fully saturated rings. The van der Waals surface area contributed by atoms with Crippen molar-refractivity contribution in [2.75, 3.05) is 18.4 Å². The van der Waals surface area contributed by atoms with Crippen LogP contribution < -0.4 is 11.1 Å². The van der Waals surface area contributed by atoms with E-state index in [9.17, 15) is 0 Å². The molecule has 0 aliphatic heterocycles. The summed E-state index contributed by atoms with van der Waals surface area (Å²) in [5.41, 5.74) is 6.85. The highest BCUT2D eigenvalue weighted by molar-refractivity contribution is 9.11. The van der Waals surface area contributed by atoms with E-state index in [0.29, 0.717) is 11.8 Å². The summed E-state index contributed by atoms with van der Waals surface area (Å²) in [6.07, 6.45) is 0. The summed E-state index contributed by atoms with van der Waals surface area (Å²) in [5.74, 6) is 1.11. The second kappa shape index (κ2) is 6.62. The van der Waals surface area contributed by atoms with Crippen LogP contribution in [-0.2, 0) is 0 Å². The van der Waals surface area contributed by atoms with Crippen molar-refractivity contribution < 1.29 is 0 Å². The molecule has 0 bridgehead atoms. The van der Waals surface area contributed by atoms with Crippen LogP contribution in [0.2, 0.25) is 0 Å². The van der Waals surface area contributed by atoms with Crippen molar-refractivity contribution in [3.05, 3.63) is 27.1 Å². The van der Waals surface area contributed by atoms with Crippen molar-refractivity contribution in [1.29, 1.82) is 0 Å². The van der Waals surface area contributed by atoms with E-state index >= 15 is 0 Å². The van der Waals surface area contributed by atoms with Gasteiger partial charge in [-0.2, -0.15) is 0 Å². The zero-order valence-corrected chi connectivity index (χ0v) is 12.8. The molecular formula is C12H18Br2N2. The SMILES string of the molecule is CC(C)C(CN)CNc1ccc(Br)cc1Br. The van der Waals surface area contributed by atoms with Crippen molar-refractivity contribution in [2.24, 2.45) is 17.6 Å². The minimum Gasteiger partial charge on any atom is -0.384 e. The smallest absolute Gasteiger partial charge is 0.0485 e. The number of benzene rings is 1. The first-order valence-corrected chi connectivity index (χ1v) is 7.02. The van der Waals surface area contributed by atoms with Crippen molar-refractivity contribution >= 4 is 37.5 Å². The second-order valence-corrected chi connectivity index (χ2v) is 6.01. The first-order valence-electron chi connectivity index (χ1n) is 5.43. The summed E-state index contributed by atoms with van der Waals surface area (Å²) in [6, 6.07) is 6.12. The van der Waals surface area contributed by atoms with Crippen LogP contribution in [-0.4, -0.2) is 13.1 Å². The fourth-order valence-electron chi connectivity index (χ4n) is 1.47. The molecule has 0 amide bonds. The van der Waals surface area contributed by atoms with E-state index in [0.717, 1.165) is 27.7 Å². The molecule has 1 aromatic rings. The van der Waals surface area contributed by atoms with E-state index < -0.39 is 0 Å². The molecule has 0 aromatic heterocycles. The molecule has 0 radical (unpaired) electrons. The summed E-state index contributed by atoms with van der Waals surface area (Å²) in [4.78, 5) is 0. The fraction of sp³-hybridized carbons (Fsp3) is 0.500. The largest absolute Gasteiger partial charge is 0.384 e. The summed E-state index contributed by atoms with van der Waals surface area (Å²) in [7, 11) is 0. The van der Waals surface area contributed by atoms with Crippen LogP contribution in [0.15, 0.2) is 27.1 Å². The van der Waals surface area contributed by atoms with Gasteiger partial charge in [-0.05, 0) is 52.5 Å². The predicted molar refractivity (Wildman–Crippen MR) is 77.7 cm³/mol. The molecule has 1 atom stereocenters.